The summed E-state index contributed by atoms with van der Waals surface area (Å²) in [7, 11) is 1.28. The average molecular weight is 245 g/mol. The van der Waals surface area contributed by atoms with E-state index in [4.69, 9.17) is 5.21 Å². The molecular formula is C12H11N3O3. The Bertz CT molecular complexity index is 576. The van der Waals surface area contributed by atoms with Gasteiger partial charge in [0.2, 0.25) is 0 Å². The van der Waals surface area contributed by atoms with E-state index in [1.807, 2.05) is 30.3 Å². The third-order valence-corrected chi connectivity index (χ3v) is 2.39. The largest absolute Gasteiger partial charge is 0.465 e. The van der Waals surface area contributed by atoms with Crippen molar-refractivity contribution >= 4 is 12.2 Å². The molecule has 0 aliphatic rings. The molecule has 0 spiro atoms. The Balaban J connectivity index is 2.56. The van der Waals surface area contributed by atoms with Crippen molar-refractivity contribution in [3.63, 3.8) is 0 Å². The molecule has 0 bridgehead atoms. The molecule has 2 rings (SSSR count). The van der Waals surface area contributed by atoms with Crippen molar-refractivity contribution in [2.45, 2.75) is 0 Å². The normalized spacial score (nSPS) is 10.7. The monoisotopic (exact) mass is 245 g/mol. The standard InChI is InChI=1S/C12H11N3O3/c1-18-12(16)10-7-13-15(11(10)8-14-17)9-5-3-2-4-6-9/h2-8,17H,1H3. The highest BCUT2D eigenvalue weighted by Gasteiger charge is 2.17. The van der Waals surface area contributed by atoms with Gasteiger partial charge in [-0.15, -0.1) is 0 Å². The molecular weight excluding hydrogens is 234 g/mol. The van der Waals surface area contributed by atoms with Crippen LogP contribution in [0.1, 0.15) is 16.1 Å². The lowest BCUT2D eigenvalue weighted by Gasteiger charge is -2.04. The molecule has 1 aromatic carbocycles. The molecule has 0 amide bonds. The fourth-order valence-electron chi connectivity index (χ4n) is 1.58. The summed E-state index contributed by atoms with van der Waals surface area (Å²) >= 11 is 0. The number of rotatable bonds is 3. The van der Waals surface area contributed by atoms with Crippen LogP contribution < -0.4 is 0 Å². The van der Waals surface area contributed by atoms with Crippen molar-refractivity contribution < 1.29 is 14.7 Å². The summed E-state index contributed by atoms with van der Waals surface area (Å²) in [6.45, 7) is 0. The van der Waals surface area contributed by atoms with Crippen LogP contribution in [-0.2, 0) is 4.74 Å². The number of nitrogens with zero attached hydrogens (tertiary/aromatic N) is 3. The number of benzene rings is 1. The van der Waals surface area contributed by atoms with E-state index in [-0.39, 0.29) is 5.56 Å². The topological polar surface area (TPSA) is 76.7 Å². The summed E-state index contributed by atoms with van der Waals surface area (Å²) in [6, 6.07) is 9.20. The molecule has 0 aliphatic heterocycles. The second-order valence-corrected chi connectivity index (χ2v) is 3.43. The van der Waals surface area contributed by atoms with Crippen LogP contribution in [0.15, 0.2) is 41.7 Å². The molecule has 0 aliphatic carbocycles. The van der Waals surface area contributed by atoms with Crippen LogP contribution >= 0.6 is 0 Å². The van der Waals surface area contributed by atoms with Gasteiger partial charge in [-0.2, -0.15) is 5.10 Å². The Labute approximate surface area is 103 Å². The van der Waals surface area contributed by atoms with Crippen LogP contribution in [0.5, 0.6) is 0 Å². The maximum absolute atomic E-state index is 11.5. The smallest absolute Gasteiger partial charge is 0.341 e. The number of para-hydroxylation sites is 1. The predicted molar refractivity (Wildman–Crippen MR) is 64.3 cm³/mol. The summed E-state index contributed by atoms with van der Waals surface area (Å²) in [4.78, 5) is 11.5. The lowest BCUT2D eigenvalue weighted by molar-refractivity contribution is 0.0600. The number of carbonyl (C=O) groups excluding carboxylic acids is 1. The van der Waals surface area contributed by atoms with Gasteiger partial charge in [-0.1, -0.05) is 23.4 Å². The molecule has 0 saturated heterocycles. The van der Waals surface area contributed by atoms with Gasteiger partial charge in [0.15, 0.2) is 0 Å². The average Bonchev–Trinajstić information content (AvgIpc) is 2.83. The Kier molecular flexibility index (Phi) is 3.38. The molecule has 92 valence electrons. The number of ether oxygens (including phenoxy) is 1. The van der Waals surface area contributed by atoms with Crippen molar-refractivity contribution in [1.29, 1.82) is 0 Å². The minimum absolute atomic E-state index is 0.235. The van der Waals surface area contributed by atoms with Crippen molar-refractivity contribution in [3.05, 3.63) is 47.8 Å². The zero-order valence-electron chi connectivity index (χ0n) is 9.65. The Morgan fingerprint density at radius 2 is 2.17 bits per heavy atom. The molecule has 18 heavy (non-hydrogen) atoms. The van der Waals surface area contributed by atoms with Gasteiger partial charge in [-0.3, -0.25) is 0 Å². The third-order valence-electron chi connectivity index (χ3n) is 2.39. The summed E-state index contributed by atoms with van der Waals surface area (Å²) in [6.07, 6.45) is 2.52. The van der Waals surface area contributed by atoms with Crippen molar-refractivity contribution in [1.82, 2.24) is 9.78 Å². The lowest BCUT2D eigenvalue weighted by Crippen LogP contribution is -2.07. The van der Waals surface area contributed by atoms with Gasteiger partial charge in [0, 0.05) is 0 Å². The molecule has 0 saturated carbocycles. The highest BCUT2D eigenvalue weighted by Crippen LogP contribution is 2.14. The summed E-state index contributed by atoms with van der Waals surface area (Å²) in [5, 5.41) is 15.7. The number of hydrogen-bond donors (Lipinski definition) is 1. The Hall–Kier alpha value is -2.63. The van der Waals surface area contributed by atoms with Crippen LogP contribution in [0.4, 0.5) is 0 Å². The first kappa shape index (κ1) is 11.8. The number of hydrogen-bond acceptors (Lipinski definition) is 5. The molecule has 6 heteroatoms. The second-order valence-electron chi connectivity index (χ2n) is 3.43. The highest BCUT2D eigenvalue weighted by atomic mass is 16.5. The zero-order chi connectivity index (χ0) is 13.0. The molecule has 0 fully saturated rings. The van der Waals surface area contributed by atoms with Crippen molar-refractivity contribution in [2.24, 2.45) is 5.16 Å². The minimum atomic E-state index is -0.535. The van der Waals surface area contributed by atoms with E-state index in [0.29, 0.717) is 5.69 Å². The second kappa shape index (κ2) is 5.13. The molecule has 0 radical (unpaired) electrons. The molecule has 0 unspecified atom stereocenters. The molecule has 0 atom stereocenters. The van der Waals surface area contributed by atoms with E-state index in [1.165, 1.54) is 18.0 Å². The van der Waals surface area contributed by atoms with Gasteiger partial charge in [0.05, 0.1) is 25.2 Å². The maximum Gasteiger partial charge on any atom is 0.341 e. The lowest BCUT2D eigenvalue weighted by atomic mass is 10.2. The molecule has 1 N–H and O–H groups in total. The summed E-state index contributed by atoms with van der Waals surface area (Å²) in [5.74, 6) is -0.535. The molecule has 2 aromatic rings. The first-order valence-electron chi connectivity index (χ1n) is 5.17. The van der Waals surface area contributed by atoms with E-state index >= 15 is 0 Å². The van der Waals surface area contributed by atoms with Gasteiger partial charge >= 0.3 is 5.97 Å². The number of aromatic nitrogens is 2. The third kappa shape index (κ3) is 2.08. The van der Waals surface area contributed by atoms with Crippen LogP contribution in [0, 0.1) is 0 Å². The Morgan fingerprint density at radius 3 is 2.78 bits per heavy atom. The first-order valence-corrected chi connectivity index (χ1v) is 5.17. The highest BCUT2D eigenvalue weighted by molar-refractivity contribution is 5.98. The number of esters is 1. The van der Waals surface area contributed by atoms with E-state index in [1.54, 1.807) is 0 Å². The fraction of sp³-hybridized carbons (Fsp3) is 0.0833. The molecule has 1 aromatic heterocycles. The van der Waals surface area contributed by atoms with Gasteiger partial charge in [0.25, 0.3) is 0 Å². The van der Waals surface area contributed by atoms with Crippen molar-refractivity contribution in [2.75, 3.05) is 7.11 Å². The number of methoxy groups -OCH3 is 1. The van der Waals surface area contributed by atoms with Crippen LogP contribution in [0.3, 0.4) is 0 Å². The zero-order valence-corrected chi connectivity index (χ0v) is 9.65. The minimum Gasteiger partial charge on any atom is -0.465 e. The van der Waals surface area contributed by atoms with Crippen LogP contribution in [-0.4, -0.2) is 34.3 Å². The maximum atomic E-state index is 11.5. The fourth-order valence-corrected chi connectivity index (χ4v) is 1.58. The van der Waals surface area contributed by atoms with E-state index < -0.39 is 5.97 Å². The number of oxime groups is 1. The van der Waals surface area contributed by atoms with Gasteiger partial charge < -0.3 is 9.94 Å². The van der Waals surface area contributed by atoms with Gasteiger partial charge in [-0.05, 0) is 12.1 Å². The van der Waals surface area contributed by atoms with Crippen LogP contribution in [0.2, 0.25) is 0 Å². The van der Waals surface area contributed by atoms with Gasteiger partial charge in [0.1, 0.15) is 11.3 Å². The molecule has 1 heterocycles. The first-order chi connectivity index (χ1) is 8.77. The molecule has 6 nitrogen and oxygen atoms in total. The number of carbonyl (C=O) groups is 1. The van der Waals surface area contributed by atoms with E-state index in [0.717, 1.165) is 11.9 Å². The summed E-state index contributed by atoms with van der Waals surface area (Å²) < 4.78 is 6.13. The van der Waals surface area contributed by atoms with E-state index in [2.05, 4.69) is 15.0 Å². The Morgan fingerprint density at radius 1 is 1.44 bits per heavy atom. The predicted octanol–water partition coefficient (Wildman–Crippen LogP) is 1.47. The van der Waals surface area contributed by atoms with Gasteiger partial charge in [-0.25, -0.2) is 9.48 Å². The van der Waals surface area contributed by atoms with Crippen LogP contribution in [0.25, 0.3) is 5.69 Å². The van der Waals surface area contributed by atoms with E-state index in [9.17, 15) is 4.79 Å². The van der Waals surface area contributed by atoms with Crippen molar-refractivity contribution in [3.8, 4) is 5.69 Å². The SMILES string of the molecule is COC(=O)c1cnn(-c2ccccc2)c1C=NO. The summed E-state index contributed by atoms with van der Waals surface area (Å²) in [5.41, 5.74) is 1.34. The quantitative estimate of drug-likeness (QED) is 0.384.